The van der Waals surface area contributed by atoms with Crippen LogP contribution >= 0.6 is 11.3 Å². The lowest BCUT2D eigenvalue weighted by Crippen LogP contribution is -2.48. The van der Waals surface area contributed by atoms with Crippen LogP contribution in [-0.4, -0.2) is 42.0 Å². The summed E-state index contributed by atoms with van der Waals surface area (Å²) in [5.41, 5.74) is 2.46. The molecule has 0 bridgehead atoms. The van der Waals surface area contributed by atoms with Crippen molar-refractivity contribution in [3.8, 4) is 0 Å². The molecule has 110 valence electrons. The number of aryl methyl sites for hydroxylation is 1. The molecule has 2 aromatic heterocycles. The van der Waals surface area contributed by atoms with Gasteiger partial charge < -0.3 is 9.80 Å². The van der Waals surface area contributed by atoms with Gasteiger partial charge in [-0.05, 0) is 40.9 Å². The van der Waals surface area contributed by atoms with Crippen molar-refractivity contribution in [3.63, 3.8) is 0 Å². The second-order valence-electron chi connectivity index (χ2n) is 5.20. The Morgan fingerprint density at radius 1 is 1.14 bits per heavy atom. The molecule has 3 rings (SSSR count). The smallest absolute Gasteiger partial charge is 0.223 e. The van der Waals surface area contributed by atoms with Gasteiger partial charge in [0.25, 0.3) is 0 Å². The van der Waals surface area contributed by atoms with Crippen LogP contribution in [0.1, 0.15) is 12.0 Å². The molecule has 1 saturated heterocycles. The first-order valence-corrected chi connectivity index (χ1v) is 8.21. The number of nitrogens with zero attached hydrogens (tertiary/aromatic N) is 3. The van der Waals surface area contributed by atoms with Gasteiger partial charge in [0.15, 0.2) is 0 Å². The topological polar surface area (TPSA) is 36.4 Å². The minimum atomic E-state index is 0.274. The van der Waals surface area contributed by atoms with Crippen LogP contribution in [0, 0.1) is 0 Å². The normalized spacial score (nSPS) is 15.2. The molecule has 0 spiro atoms. The monoisotopic (exact) mass is 301 g/mol. The number of pyridine rings is 1. The predicted octanol–water partition coefficient (Wildman–Crippen LogP) is 2.42. The maximum absolute atomic E-state index is 12.2. The number of rotatable bonds is 4. The zero-order valence-electron chi connectivity index (χ0n) is 11.9. The highest BCUT2D eigenvalue weighted by Crippen LogP contribution is 2.16. The molecule has 21 heavy (non-hydrogen) atoms. The number of carbonyl (C=O) groups excluding carboxylic acids is 1. The molecule has 1 fully saturated rings. The zero-order chi connectivity index (χ0) is 14.5. The third-order valence-corrected chi connectivity index (χ3v) is 4.60. The Kier molecular flexibility index (Phi) is 4.50. The van der Waals surface area contributed by atoms with E-state index in [0.717, 1.165) is 32.6 Å². The Balaban J connectivity index is 1.48. The minimum Gasteiger partial charge on any atom is -0.368 e. The SMILES string of the molecule is O=C(CCc1ccsc1)N1CCN(c2ccncc2)CC1. The van der Waals surface area contributed by atoms with Crippen molar-refractivity contribution in [2.45, 2.75) is 12.8 Å². The fourth-order valence-corrected chi connectivity index (χ4v) is 3.32. The highest BCUT2D eigenvalue weighted by Gasteiger charge is 2.20. The fraction of sp³-hybridized carbons (Fsp3) is 0.375. The number of aromatic nitrogens is 1. The molecule has 0 aromatic carbocycles. The van der Waals surface area contributed by atoms with Gasteiger partial charge in [-0.2, -0.15) is 11.3 Å². The summed E-state index contributed by atoms with van der Waals surface area (Å²) in [4.78, 5) is 20.6. The summed E-state index contributed by atoms with van der Waals surface area (Å²) in [5, 5.41) is 4.18. The summed E-state index contributed by atoms with van der Waals surface area (Å²) < 4.78 is 0. The maximum atomic E-state index is 12.2. The van der Waals surface area contributed by atoms with Gasteiger partial charge in [-0.3, -0.25) is 9.78 Å². The number of hydrogen-bond donors (Lipinski definition) is 0. The Bertz CT molecular complexity index is 562. The molecule has 1 aliphatic rings. The number of hydrogen-bond acceptors (Lipinski definition) is 4. The van der Waals surface area contributed by atoms with Crippen molar-refractivity contribution in [2.75, 3.05) is 31.1 Å². The summed E-state index contributed by atoms with van der Waals surface area (Å²) in [6, 6.07) is 6.14. The summed E-state index contributed by atoms with van der Waals surface area (Å²) in [5.74, 6) is 0.274. The first-order valence-electron chi connectivity index (χ1n) is 7.27. The maximum Gasteiger partial charge on any atom is 0.223 e. The third-order valence-electron chi connectivity index (χ3n) is 3.87. The number of amides is 1. The Labute approximate surface area is 129 Å². The molecule has 4 nitrogen and oxygen atoms in total. The number of anilines is 1. The van der Waals surface area contributed by atoms with Crippen molar-refractivity contribution in [2.24, 2.45) is 0 Å². The van der Waals surface area contributed by atoms with Gasteiger partial charge in [0.1, 0.15) is 0 Å². The first kappa shape index (κ1) is 14.1. The second kappa shape index (κ2) is 6.72. The van der Waals surface area contributed by atoms with E-state index in [-0.39, 0.29) is 5.91 Å². The van der Waals surface area contributed by atoms with Crippen LogP contribution in [-0.2, 0) is 11.2 Å². The molecule has 1 amide bonds. The average molecular weight is 301 g/mol. The second-order valence-corrected chi connectivity index (χ2v) is 5.98. The van der Waals surface area contributed by atoms with Gasteiger partial charge in [0, 0.05) is 50.7 Å². The zero-order valence-corrected chi connectivity index (χ0v) is 12.8. The summed E-state index contributed by atoms with van der Waals surface area (Å²) >= 11 is 1.69. The van der Waals surface area contributed by atoms with Crippen molar-refractivity contribution in [1.29, 1.82) is 0 Å². The number of carbonyl (C=O) groups is 1. The molecule has 0 aliphatic carbocycles. The summed E-state index contributed by atoms with van der Waals surface area (Å²) in [6.07, 6.45) is 5.10. The fourth-order valence-electron chi connectivity index (χ4n) is 2.61. The largest absolute Gasteiger partial charge is 0.368 e. The molecule has 3 heterocycles. The first-order chi connectivity index (χ1) is 10.3. The van der Waals surface area contributed by atoms with Gasteiger partial charge in [-0.15, -0.1) is 0 Å². The lowest BCUT2D eigenvalue weighted by Gasteiger charge is -2.36. The van der Waals surface area contributed by atoms with Crippen molar-refractivity contribution in [3.05, 3.63) is 46.9 Å². The average Bonchev–Trinajstić information content (AvgIpc) is 3.07. The highest BCUT2D eigenvalue weighted by molar-refractivity contribution is 7.07. The van der Waals surface area contributed by atoms with Crippen LogP contribution in [0.3, 0.4) is 0 Å². The van der Waals surface area contributed by atoms with Crippen molar-refractivity contribution in [1.82, 2.24) is 9.88 Å². The lowest BCUT2D eigenvalue weighted by molar-refractivity contribution is -0.131. The van der Waals surface area contributed by atoms with Gasteiger partial charge in [0.2, 0.25) is 5.91 Å². The van der Waals surface area contributed by atoms with Crippen LogP contribution in [0.4, 0.5) is 5.69 Å². The van der Waals surface area contributed by atoms with Gasteiger partial charge in [-0.25, -0.2) is 0 Å². The van der Waals surface area contributed by atoms with Crippen LogP contribution < -0.4 is 4.90 Å². The van der Waals surface area contributed by atoms with E-state index in [4.69, 9.17) is 0 Å². The Morgan fingerprint density at radius 2 is 1.90 bits per heavy atom. The van der Waals surface area contributed by atoms with Crippen molar-refractivity contribution >= 4 is 22.9 Å². The van der Waals surface area contributed by atoms with E-state index in [9.17, 15) is 4.79 Å². The molecule has 0 saturated carbocycles. The molecule has 5 heteroatoms. The molecule has 0 N–H and O–H groups in total. The van der Waals surface area contributed by atoms with E-state index in [1.54, 1.807) is 11.3 Å². The molecule has 1 aliphatic heterocycles. The molecule has 2 aromatic rings. The molecule has 0 radical (unpaired) electrons. The van der Waals surface area contributed by atoms with Gasteiger partial charge in [0.05, 0.1) is 0 Å². The van der Waals surface area contributed by atoms with Crippen LogP contribution in [0.5, 0.6) is 0 Å². The highest BCUT2D eigenvalue weighted by atomic mass is 32.1. The number of thiophene rings is 1. The lowest BCUT2D eigenvalue weighted by atomic mass is 10.1. The van der Waals surface area contributed by atoms with E-state index in [1.807, 2.05) is 29.4 Å². The molecular formula is C16H19N3OS. The summed E-state index contributed by atoms with van der Waals surface area (Å²) in [7, 11) is 0. The van der Waals surface area contributed by atoms with E-state index in [0.29, 0.717) is 6.42 Å². The number of piperazine rings is 1. The van der Waals surface area contributed by atoms with Crippen LogP contribution in [0.15, 0.2) is 41.4 Å². The molecule has 0 unspecified atom stereocenters. The molecular weight excluding hydrogens is 282 g/mol. The predicted molar refractivity (Wildman–Crippen MR) is 85.7 cm³/mol. The Hall–Kier alpha value is -1.88. The van der Waals surface area contributed by atoms with Gasteiger partial charge in [-0.1, -0.05) is 0 Å². The van der Waals surface area contributed by atoms with E-state index >= 15 is 0 Å². The molecule has 0 atom stereocenters. The minimum absolute atomic E-state index is 0.274. The van der Waals surface area contributed by atoms with Gasteiger partial charge >= 0.3 is 0 Å². The quantitative estimate of drug-likeness (QED) is 0.870. The third kappa shape index (κ3) is 3.61. The van der Waals surface area contributed by atoms with Crippen LogP contribution in [0.2, 0.25) is 0 Å². The Morgan fingerprint density at radius 3 is 2.57 bits per heavy atom. The standard InChI is InChI=1S/C16H19N3OS/c20-16(2-1-14-5-12-21-13-14)19-10-8-18(9-11-19)15-3-6-17-7-4-15/h3-7,12-13H,1-2,8-11H2. The van der Waals surface area contributed by atoms with E-state index in [2.05, 4.69) is 26.7 Å². The van der Waals surface area contributed by atoms with E-state index < -0.39 is 0 Å². The van der Waals surface area contributed by atoms with Crippen molar-refractivity contribution < 1.29 is 4.79 Å². The summed E-state index contributed by atoms with van der Waals surface area (Å²) in [6.45, 7) is 3.41. The van der Waals surface area contributed by atoms with Crippen LogP contribution in [0.25, 0.3) is 0 Å². The van der Waals surface area contributed by atoms with E-state index in [1.165, 1.54) is 11.3 Å².